The Morgan fingerprint density at radius 1 is 1.34 bits per heavy atom. The van der Waals surface area contributed by atoms with E-state index in [1.165, 1.54) is 0 Å². The maximum absolute atomic E-state index is 12.5. The van der Waals surface area contributed by atoms with Crippen molar-refractivity contribution in [3.05, 3.63) is 30.0 Å². The standard InChI is InChI=1S/C19H24N4O5S/c1-29(26,27)22-13-4-5-16-12(7-13)8-17-19(25)21-10-14(23(16)17)9-18(24)20-11-15-3-2-6-28-15/h4-5,7-8,14-15,22H,2-3,6,9-11H2,1H3,(H,20,24)(H,21,25). The van der Waals surface area contributed by atoms with Crippen molar-refractivity contribution in [1.29, 1.82) is 0 Å². The van der Waals surface area contributed by atoms with Crippen LogP contribution in [0.4, 0.5) is 5.69 Å². The van der Waals surface area contributed by atoms with E-state index in [0.717, 1.165) is 36.6 Å². The van der Waals surface area contributed by atoms with Crippen LogP contribution >= 0.6 is 0 Å². The van der Waals surface area contributed by atoms with E-state index in [2.05, 4.69) is 15.4 Å². The number of carbonyl (C=O) groups excluding carboxylic acids is 2. The van der Waals surface area contributed by atoms with Crippen LogP contribution in [-0.4, -0.2) is 56.9 Å². The zero-order chi connectivity index (χ0) is 20.6. The fourth-order valence-corrected chi connectivity index (χ4v) is 4.51. The molecule has 0 bridgehead atoms. The number of sulfonamides is 1. The fraction of sp³-hybridized carbons (Fsp3) is 0.474. The second kappa shape index (κ2) is 7.68. The molecular weight excluding hydrogens is 396 g/mol. The van der Waals surface area contributed by atoms with E-state index in [0.29, 0.717) is 24.5 Å². The number of nitrogens with one attached hydrogen (secondary N) is 3. The molecule has 0 saturated carbocycles. The maximum Gasteiger partial charge on any atom is 0.268 e. The molecule has 3 N–H and O–H groups in total. The molecule has 2 aliphatic rings. The number of hydrogen-bond donors (Lipinski definition) is 3. The lowest BCUT2D eigenvalue weighted by molar-refractivity contribution is -0.122. The predicted octanol–water partition coefficient (Wildman–Crippen LogP) is 0.983. The molecule has 0 aliphatic carbocycles. The molecule has 4 rings (SSSR count). The Morgan fingerprint density at radius 3 is 2.90 bits per heavy atom. The lowest BCUT2D eigenvalue weighted by Gasteiger charge is -2.27. The minimum atomic E-state index is -3.40. The van der Waals surface area contributed by atoms with Gasteiger partial charge in [0.25, 0.3) is 5.91 Å². The summed E-state index contributed by atoms with van der Waals surface area (Å²) in [5, 5.41) is 6.48. The van der Waals surface area contributed by atoms with Crippen molar-refractivity contribution >= 4 is 38.4 Å². The zero-order valence-corrected chi connectivity index (χ0v) is 16.9. The van der Waals surface area contributed by atoms with Gasteiger partial charge in [0, 0.05) is 42.7 Å². The molecule has 29 heavy (non-hydrogen) atoms. The van der Waals surface area contributed by atoms with Crippen LogP contribution in [-0.2, 0) is 19.6 Å². The van der Waals surface area contributed by atoms with Gasteiger partial charge in [-0.2, -0.15) is 0 Å². The zero-order valence-electron chi connectivity index (χ0n) is 16.1. The number of aromatic nitrogens is 1. The first-order valence-electron chi connectivity index (χ1n) is 9.59. The topological polar surface area (TPSA) is 119 Å². The number of ether oxygens (including phenoxy) is 1. The van der Waals surface area contributed by atoms with Crippen molar-refractivity contribution in [2.24, 2.45) is 0 Å². The molecule has 2 aliphatic heterocycles. The highest BCUT2D eigenvalue weighted by molar-refractivity contribution is 7.92. The number of nitrogens with zero attached hydrogens (tertiary/aromatic N) is 1. The van der Waals surface area contributed by atoms with E-state index in [-0.39, 0.29) is 30.4 Å². The molecule has 156 valence electrons. The monoisotopic (exact) mass is 420 g/mol. The Hall–Kier alpha value is -2.59. The van der Waals surface area contributed by atoms with Gasteiger partial charge in [0.1, 0.15) is 5.69 Å². The molecule has 2 atom stereocenters. The lowest BCUT2D eigenvalue weighted by Crippen LogP contribution is -2.41. The van der Waals surface area contributed by atoms with Gasteiger partial charge < -0.3 is 19.9 Å². The van der Waals surface area contributed by atoms with Crippen LogP contribution in [0.15, 0.2) is 24.3 Å². The first-order valence-corrected chi connectivity index (χ1v) is 11.5. The summed E-state index contributed by atoms with van der Waals surface area (Å²) < 4.78 is 32.8. The van der Waals surface area contributed by atoms with Crippen LogP contribution in [0.25, 0.3) is 10.9 Å². The van der Waals surface area contributed by atoms with Gasteiger partial charge in [0.2, 0.25) is 15.9 Å². The van der Waals surface area contributed by atoms with E-state index >= 15 is 0 Å². The van der Waals surface area contributed by atoms with Crippen LogP contribution in [0.1, 0.15) is 35.8 Å². The fourth-order valence-electron chi connectivity index (χ4n) is 3.96. The summed E-state index contributed by atoms with van der Waals surface area (Å²) in [5.41, 5.74) is 1.67. The number of carbonyl (C=O) groups is 2. The van der Waals surface area contributed by atoms with Crippen molar-refractivity contribution in [2.45, 2.75) is 31.4 Å². The second-order valence-electron chi connectivity index (χ2n) is 7.55. The Morgan fingerprint density at radius 2 is 2.17 bits per heavy atom. The minimum Gasteiger partial charge on any atom is -0.376 e. The Balaban J connectivity index is 1.55. The molecule has 2 aromatic rings. The van der Waals surface area contributed by atoms with Gasteiger partial charge in [0.15, 0.2) is 0 Å². The highest BCUT2D eigenvalue weighted by Crippen LogP contribution is 2.30. The first kappa shape index (κ1) is 19.7. The second-order valence-corrected chi connectivity index (χ2v) is 9.30. The third-order valence-electron chi connectivity index (χ3n) is 5.21. The first-order chi connectivity index (χ1) is 13.8. The van der Waals surface area contributed by atoms with Crippen LogP contribution in [0.3, 0.4) is 0 Å². The summed E-state index contributed by atoms with van der Waals surface area (Å²) in [5.74, 6) is -0.306. The van der Waals surface area contributed by atoms with Crippen molar-refractivity contribution in [2.75, 3.05) is 30.7 Å². The molecule has 9 nitrogen and oxygen atoms in total. The summed E-state index contributed by atoms with van der Waals surface area (Å²) >= 11 is 0. The minimum absolute atomic E-state index is 0.0775. The molecule has 1 saturated heterocycles. The van der Waals surface area contributed by atoms with Crippen molar-refractivity contribution in [3.8, 4) is 0 Å². The van der Waals surface area contributed by atoms with E-state index in [1.54, 1.807) is 24.3 Å². The van der Waals surface area contributed by atoms with Crippen LogP contribution < -0.4 is 15.4 Å². The normalized spacial score (nSPS) is 21.6. The molecule has 3 heterocycles. The van der Waals surface area contributed by atoms with Gasteiger partial charge in [-0.15, -0.1) is 0 Å². The average Bonchev–Trinajstić information content (AvgIpc) is 3.28. The van der Waals surface area contributed by atoms with Gasteiger partial charge in [-0.05, 0) is 37.1 Å². The molecule has 1 aromatic carbocycles. The smallest absolute Gasteiger partial charge is 0.268 e. The summed E-state index contributed by atoms with van der Waals surface area (Å²) in [6.07, 6.45) is 3.36. The molecule has 2 amide bonds. The lowest BCUT2D eigenvalue weighted by atomic mass is 10.1. The van der Waals surface area contributed by atoms with Gasteiger partial charge in [-0.1, -0.05) is 0 Å². The Bertz CT molecular complexity index is 1060. The summed E-state index contributed by atoms with van der Waals surface area (Å²) in [6.45, 7) is 1.59. The number of amides is 2. The highest BCUT2D eigenvalue weighted by Gasteiger charge is 2.29. The summed E-state index contributed by atoms with van der Waals surface area (Å²) in [4.78, 5) is 24.8. The SMILES string of the molecule is CS(=O)(=O)Nc1ccc2c(c1)cc1n2C(CC(=O)NCC2CCCO2)CNC1=O. The van der Waals surface area contributed by atoms with Gasteiger partial charge in [0.05, 0.1) is 18.4 Å². The molecule has 1 aromatic heterocycles. The Labute approximate surface area is 168 Å². The number of benzene rings is 1. The van der Waals surface area contributed by atoms with Crippen LogP contribution in [0.2, 0.25) is 0 Å². The highest BCUT2D eigenvalue weighted by atomic mass is 32.2. The molecular formula is C19H24N4O5S. The summed E-state index contributed by atoms with van der Waals surface area (Å²) in [7, 11) is -3.40. The quantitative estimate of drug-likeness (QED) is 0.644. The molecule has 10 heteroatoms. The maximum atomic E-state index is 12.5. The molecule has 0 spiro atoms. The van der Waals surface area contributed by atoms with Gasteiger partial charge >= 0.3 is 0 Å². The molecule has 1 fully saturated rings. The largest absolute Gasteiger partial charge is 0.376 e. The number of anilines is 1. The number of rotatable bonds is 6. The van der Waals surface area contributed by atoms with Gasteiger partial charge in [-0.25, -0.2) is 8.42 Å². The predicted molar refractivity (Wildman–Crippen MR) is 108 cm³/mol. The number of fused-ring (bicyclic) bond motifs is 3. The van der Waals surface area contributed by atoms with E-state index in [4.69, 9.17) is 4.74 Å². The van der Waals surface area contributed by atoms with E-state index in [1.807, 2.05) is 4.57 Å². The molecule has 0 radical (unpaired) electrons. The van der Waals surface area contributed by atoms with Crippen LogP contribution in [0, 0.1) is 0 Å². The van der Waals surface area contributed by atoms with E-state index in [9.17, 15) is 18.0 Å². The third kappa shape index (κ3) is 4.38. The average molecular weight is 420 g/mol. The van der Waals surface area contributed by atoms with Crippen molar-refractivity contribution in [1.82, 2.24) is 15.2 Å². The third-order valence-corrected chi connectivity index (χ3v) is 5.82. The van der Waals surface area contributed by atoms with E-state index < -0.39 is 10.0 Å². The Kier molecular flexibility index (Phi) is 5.22. The molecule has 2 unspecified atom stereocenters. The van der Waals surface area contributed by atoms with Crippen LogP contribution in [0.5, 0.6) is 0 Å². The van der Waals surface area contributed by atoms with Crippen molar-refractivity contribution in [3.63, 3.8) is 0 Å². The summed E-state index contributed by atoms with van der Waals surface area (Å²) in [6, 6.07) is 6.59. The number of hydrogen-bond acceptors (Lipinski definition) is 5. The van der Waals surface area contributed by atoms with Gasteiger partial charge in [-0.3, -0.25) is 14.3 Å². The van der Waals surface area contributed by atoms with Crippen molar-refractivity contribution < 1.29 is 22.7 Å².